The quantitative estimate of drug-likeness (QED) is 0.688. The van der Waals surface area contributed by atoms with E-state index in [4.69, 9.17) is 0 Å². The van der Waals surface area contributed by atoms with Crippen molar-refractivity contribution in [3.05, 3.63) is 60.8 Å². The number of fused-ring (bicyclic) bond motifs is 1. The van der Waals surface area contributed by atoms with Gasteiger partial charge in [-0.1, -0.05) is 6.07 Å². The van der Waals surface area contributed by atoms with Gasteiger partial charge >= 0.3 is 5.69 Å². The molecule has 0 saturated carbocycles. The molecule has 3 heterocycles. The molecule has 8 heteroatoms. The molecule has 0 saturated heterocycles. The van der Waals surface area contributed by atoms with E-state index in [9.17, 15) is 14.4 Å². The highest BCUT2D eigenvalue weighted by Gasteiger charge is 2.08. The molecule has 0 atom stereocenters. The van der Waals surface area contributed by atoms with Crippen LogP contribution in [0.15, 0.2) is 44.6 Å². The van der Waals surface area contributed by atoms with Gasteiger partial charge in [0.25, 0.3) is 5.56 Å². The zero-order valence-electron chi connectivity index (χ0n) is 11.9. The Morgan fingerprint density at radius 1 is 1.26 bits per heavy atom. The Morgan fingerprint density at radius 2 is 2.13 bits per heavy atom. The summed E-state index contributed by atoms with van der Waals surface area (Å²) in [6.07, 6.45) is 3.15. The van der Waals surface area contributed by atoms with E-state index in [0.29, 0.717) is 10.2 Å². The Kier molecular flexibility index (Phi) is 4.54. The van der Waals surface area contributed by atoms with Crippen LogP contribution in [0.25, 0.3) is 16.3 Å². The van der Waals surface area contributed by atoms with E-state index in [0.717, 1.165) is 9.44 Å². The SMILES string of the molecule is O=C(/C=C/c1cccs1)NCCn1c(=O)[nH]c2ccsc2c1=O. The lowest BCUT2D eigenvalue weighted by Gasteiger charge is -2.05. The highest BCUT2D eigenvalue weighted by Crippen LogP contribution is 2.12. The molecule has 23 heavy (non-hydrogen) atoms. The van der Waals surface area contributed by atoms with Gasteiger partial charge in [-0.15, -0.1) is 22.7 Å². The number of carbonyl (C=O) groups is 1. The molecular weight excluding hydrogens is 334 g/mol. The van der Waals surface area contributed by atoms with Crippen molar-refractivity contribution in [1.29, 1.82) is 0 Å². The van der Waals surface area contributed by atoms with E-state index in [1.165, 1.54) is 28.7 Å². The number of nitrogens with zero attached hydrogens (tertiary/aromatic N) is 1. The summed E-state index contributed by atoms with van der Waals surface area (Å²) < 4.78 is 1.61. The van der Waals surface area contributed by atoms with Crippen molar-refractivity contribution in [3.63, 3.8) is 0 Å². The minimum absolute atomic E-state index is 0.126. The second kappa shape index (κ2) is 6.76. The Balaban J connectivity index is 1.64. The Hall–Kier alpha value is -2.45. The third kappa shape index (κ3) is 3.49. The zero-order chi connectivity index (χ0) is 16.2. The average molecular weight is 347 g/mol. The van der Waals surface area contributed by atoms with E-state index < -0.39 is 5.69 Å². The standard InChI is InChI=1S/C15H13N3O3S2/c19-12(4-3-10-2-1-8-22-10)16-6-7-18-14(20)13-11(5-9-23-13)17-15(18)21/h1-5,8-9H,6-7H2,(H,16,19)(H,17,21)/b4-3+. The van der Waals surface area contributed by atoms with Crippen LogP contribution < -0.4 is 16.6 Å². The normalized spacial score (nSPS) is 11.3. The van der Waals surface area contributed by atoms with Crippen molar-refractivity contribution in [2.75, 3.05) is 6.54 Å². The minimum Gasteiger partial charge on any atom is -0.351 e. The molecule has 0 fully saturated rings. The number of thiophene rings is 2. The highest BCUT2D eigenvalue weighted by atomic mass is 32.1. The molecular formula is C15H13N3O3S2. The summed E-state index contributed by atoms with van der Waals surface area (Å²) >= 11 is 2.82. The van der Waals surface area contributed by atoms with Gasteiger partial charge in [-0.2, -0.15) is 0 Å². The van der Waals surface area contributed by atoms with Gasteiger partial charge in [-0.25, -0.2) is 4.79 Å². The summed E-state index contributed by atoms with van der Waals surface area (Å²) in [7, 11) is 0. The van der Waals surface area contributed by atoms with Crippen molar-refractivity contribution in [3.8, 4) is 0 Å². The fourth-order valence-electron chi connectivity index (χ4n) is 2.07. The van der Waals surface area contributed by atoms with E-state index in [-0.39, 0.29) is 24.6 Å². The molecule has 0 spiro atoms. The van der Waals surface area contributed by atoms with Gasteiger partial charge < -0.3 is 10.3 Å². The molecule has 0 unspecified atom stereocenters. The number of H-pyrrole nitrogens is 1. The summed E-state index contributed by atoms with van der Waals surface area (Å²) in [6.45, 7) is 0.327. The maximum atomic E-state index is 12.2. The molecule has 0 aliphatic rings. The first kappa shape index (κ1) is 15.4. The summed E-state index contributed by atoms with van der Waals surface area (Å²) in [5.74, 6) is -0.264. The fourth-order valence-corrected chi connectivity index (χ4v) is 3.48. The molecule has 1 amide bonds. The minimum atomic E-state index is -0.468. The van der Waals surface area contributed by atoms with Gasteiger partial charge in [-0.05, 0) is 29.0 Å². The topological polar surface area (TPSA) is 84.0 Å². The van der Waals surface area contributed by atoms with E-state index in [1.807, 2.05) is 17.5 Å². The summed E-state index contributed by atoms with van der Waals surface area (Å²) in [5.41, 5.74) is -0.254. The second-order valence-electron chi connectivity index (χ2n) is 4.69. The summed E-state index contributed by atoms with van der Waals surface area (Å²) in [6, 6.07) is 5.51. The molecule has 0 aliphatic carbocycles. The van der Waals surface area contributed by atoms with Gasteiger partial charge in [0.15, 0.2) is 0 Å². The first-order valence-electron chi connectivity index (χ1n) is 6.85. The van der Waals surface area contributed by atoms with Crippen molar-refractivity contribution in [2.45, 2.75) is 6.54 Å². The summed E-state index contributed by atoms with van der Waals surface area (Å²) in [4.78, 5) is 39.4. The zero-order valence-corrected chi connectivity index (χ0v) is 13.6. The second-order valence-corrected chi connectivity index (χ2v) is 6.59. The third-order valence-electron chi connectivity index (χ3n) is 3.17. The smallest absolute Gasteiger partial charge is 0.328 e. The van der Waals surface area contributed by atoms with Crippen molar-refractivity contribution in [1.82, 2.24) is 14.9 Å². The monoisotopic (exact) mass is 347 g/mol. The van der Waals surface area contributed by atoms with Crippen LogP contribution >= 0.6 is 22.7 Å². The maximum Gasteiger partial charge on any atom is 0.328 e. The van der Waals surface area contributed by atoms with Crippen molar-refractivity contribution in [2.24, 2.45) is 0 Å². The van der Waals surface area contributed by atoms with Crippen LogP contribution in [-0.4, -0.2) is 22.0 Å². The van der Waals surface area contributed by atoms with Gasteiger partial charge in [0, 0.05) is 24.0 Å². The van der Waals surface area contributed by atoms with E-state index >= 15 is 0 Å². The lowest BCUT2D eigenvalue weighted by molar-refractivity contribution is -0.116. The predicted molar refractivity (Wildman–Crippen MR) is 93.1 cm³/mol. The lowest BCUT2D eigenvalue weighted by Crippen LogP contribution is -2.38. The van der Waals surface area contributed by atoms with Crippen LogP contribution in [0.4, 0.5) is 0 Å². The Morgan fingerprint density at radius 3 is 2.91 bits per heavy atom. The molecule has 3 rings (SSSR count). The molecule has 0 radical (unpaired) electrons. The first-order chi connectivity index (χ1) is 11.1. The number of amides is 1. The summed E-state index contributed by atoms with van der Waals surface area (Å²) in [5, 5.41) is 6.34. The molecule has 6 nitrogen and oxygen atoms in total. The number of aromatic nitrogens is 2. The van der Waals surface area contributed by atoms with Crippen LogP contribution in [0, 0.1) is 0 Å². The van der Waals surface area contributed by atoms with E-state index in [2.05, 4.69) is 10.3 Å². The van der Waals surface area contributed by atoms with Crippen LogP contribution in [0.2, 0.25) is 0 Å². The molecule has 3 aromatic heterocycles. The third-order valence-corrected chi connectivity index (χ3v) is 4.91. The van der Waals surface area contributed by atoms with Gasteiger partial charge in [0.1, 0.15) is 4.70 Å². The lowest BCUT2D eigenvalue weighted by atomic mass is 10.4. The highest BCUT2D eigenvalue weighted by molar-refractivity contribution is 7.17. The van der Waals surface area contributed by atoms with Gasteiger partial charge in [-0.3, -0.25) is 14.2 Å². The largest absolute Gasteiger partial charge is 0.351 e. The number of hydrogen-bond acceptors (Lipinski definition) is 5. The molecule has 0 aromatic carbocycles. The van der Waals surface area contributed by atoms with Crippen molar-refractivity contribution < 1.29 is 4.79 Å². The number of nitrogens with one attached hydrogen (secondary N) is 2. The predicted octanol–water partition coefficient (Wildman–Crippen LogP) is 1.64. The molecule has 118 valence electrons. The molecule has 2 N–H and O–H groups in total. The van der Waals surface area contributed by atoms with Crippen LogP contribution in [0.3, 0.4) is 0 Å². The number of rotatable bonds is 5. The Bertz CT molecular complexity index is 964. The molecule has 0 bridgehead atoms. The first-order valence-corrected chi connectivity index (χ1v) is 8.61. The van der Waals surface area contributed by atoms with Crippen LogP contribution in [-0.2, 0) is 11.3 Å². The van der Waals surface area contributed by atoms with E-state index in [1.54, 1.807) is 17.5 Å². The average Bonchev–Trinajstić information content (AvgIpc) is 3.19. The number of carbonyl (C=O) groups excluding carboxylic acids is 1. The fraction of sp³-hybridized carbons (Fsp3) is 0.133. The van der Waals surface area contributed by atoms with Gasteiger partial charge in [0.05, 0.1) is 5.52 Å². The molecule has 3 aromatic rings. The Labute approximate surface area is 138 Å². The number of aromatic amines is 1. The maximum absolute atomic E-state index is 12.2. The van der Waals surface area contributed by atoms with Crippen LogP contribution in [0.5, 0.6) is 0 Å². The molecule has 0 aliphatic heterocycles. The van der Waals surface area contributed by atoms with Crippen molar-refractivity contribution >= 4 is 44.9 Å². The number of hydrogen-bond donors (Lipinski definition) is 2. The van der Waals surface area contributed by atoms with Gasteiger partial charge in [0.2, 0.25) is 5.91 Å². The van der Waals surface area contributed by atoms with Crippen LogP contribution in [0.1, 0.15) is 4.88 Å².